The van der Waals surface area contributed by atoms with E-state index in [9.17, 15) is 0 Å². The van der Waals surface area contributed by atoms with Crippen molar-refractivity contribution in [3.8, 4) is 0 Å². The van der Waals surface area contributed by atoms with Crippen LogP contribution in [0, 0.1) is 6.92 Å². The average Bonchev–Trinajstić information content (AvgIpc) is 3.11. The van der Waals surface area contributed by atoms with E-state index in [1.807, 2.05) is 6.92 Å². The van der Waals surface area contributed by atoms with Gasteiger partial charge in [0.15, 0.2) is 0 Å². The molecule has 2 heterocycles. The molecule has 2 N–H and O–H groups in total. The molecule has 2 fully saturated rings. The molecule has 98 valence electrons. The molecule has 1 saturated carbocycles. The van der Waals surface area contributed by atoms with Gasteiger partial charge in [-0.1, -0.05) is 11.8 Å². The summed E-state index contributed by atoms with van der Waals surface area (Å²) in [5.74, 6) is 2.12. The van der Waals surface area contributed by atoms with Crippen molar-refractivity contribution in [2.45, 2.75) is 55.4 Å². The van der Waals surface area contributed by atoms with Crippen LogP contribution >= 0.6 is 11.8 Å². The molecule has 0 aromatic carbocycles. The van der Waals surface area contributed by atoms with Crippen LogP contribution < -0.4 is 5.73 Å². The first kappa shape index (κ1) is 12.2. The number of nitrogen functional groups attached to an aromatic ring is 1. The van der Waals surface area contributed by atoms with Gasteiger partial charge in [-0.15, -0.1) is 0 Å². The lowest BCUT2D eigenvalue weighted by atomic mass is 10.3. The van der Waals surface area contributed by atoms with E-state index in [0.717, 1.165) is 29.4 Å². The van der Waals surface area contributed by atoms with Crippen LogP contribution in [0.5, 0.6) is 0 Å². The standard InChI is InChI=1S/C13H19N3OS/c1-7-11(14)15-12(9-3-4-9)16-13(7)18-10-5-6-17-8(10)2/h8-10H,3-6H2,1-2H3,(H2,14,15,16). The molecular weight excluding hydrogens is 246 g/mol. The Morgan fingerprint density at radius 1 is 1.28 bits per heavy atom. The monoisotopic (exact) mass is 265 g/mol. The second-order valence-corrected chi connectivity index (χ2v) is 6.42. The Morgan fingerprint density at radius 3 is 2.67 bits per heavy atom. The summed E-state index contributed by atoms with van der Waals surface area (Å²) in [7, 11) is 0. The number of hydrogen-bond donors (Lipinski definition) is 1. The molecule has 2 atom stereocenters. The minimum atomic E-state index is 0.301. The van der Waals surface area contributed by atoms with Crippen LogP contribution in [0.2, 0.25) is 0 Å². The molecule has 1 aromatic rings. The average molecular weight is 265 g/mol. The fourth-order valence-corrected chi connectivity index (χ4v) is 3.38. The predicted molar refractivity (Wildman–Crippen MR) is 72.8 cm³/mol. The number of hydrogen-bond acceptors (Lipinski definition) is 5. The minimum Gasteiger partial charge on any atom is -0.383 e. The molecule has 2 aliphatic rings. The maximum absolute atomic E-state index is 6.00. The van der Waals surface area contributed by atoms with Gasteiger partial charge in [0.25, 0.3) is 0 Å². The van der Waals surface area contributed by atoms with Gasteiger partial charge in [-0.05, 0) is 33.1 Å². The van der Waals surface area contributed by atoms with Gasteiger partial charge in [0.05, 0.1) is 6.10 Å². The van der Waals surface area contributed by atoms with Gasteiger partial charge in [-0.3, -0.25) is 0 Å². The lowest BCUT2D eigenvalue weighted by Gasteiger charge is -2.15. The molecule has 0 amide bonds. The molecule has 2 unspecified atom stereocenters. The smallest absolute Gasteiger partial charge is 0.135 e. The number of nitrogens with zero attached hydrogens (tertiary/aromatic N) is 2. The predicted octanol–water partition coefficient (Wildman–Crippen LogP) is 2.51. The van der Waals surface area contributed by atoms with E-state index >= 15 is 0 Å². The topological polar surface area (TPSA) is 61.0 Å². The zero-order chi connectivity index (χ0) is 12.7. The van der Waals surface area contributed by atoms with Gasteiger partial charge in [-0.2, -0.15) is 0 Å². The van der Waals surface area contributed by atoms with Gasteiger partial charge in [0.2, 0.25) is 0 Å². The van der Waals surface area contributed by atoms with Gasteiger partial charge in [-0.25, -0.2) is 9.97 Å². The van der Waals surface area contributed by atoms with Crippen LogP contribution in [-0.4, -0.2) is 27.9 Å². The first-order chi connectivity index (χ1) is 8.65. The van der Waals surface area contributed by atoms with E-state index in [1.54, 1.807) is 11.8 Å². The number of rotatable bonds is 3. The molecule has 1 aliphatic carbocycles. The quantitative estimate of drug-likeness (QED) is 0.851. The molecule has 1 aromatic heterocycles. The summed E-state index contributed by atoms with van der Waals surface area (Å²) in [6, 6.07) is 0. The van der Waals surface area contributed by atoms with Gasteiger partial charge in [0.1, 0.15) is 16.7 Å². The normalized spacial score (nSPS) is 27.7. The molecule has 1 aliphatic heterocycles. The number of ether oxygens (including phenoxy) is 1. The summed E-state index contributed by atoms with van der Waals surface area (Å²) in [6.45, 7) is 5.00. The maximum Gasteiger partial charge on any atom is 0.135 e. The van der Waals surface area contributed by atoms with Crippen LogP contribution in [0.15, 0.2) is 5.03 Å². The molecule has 0 radical (unpaired) electrons. The van der Waals surface area contributed by atoms with Crippen LogP contribution in [-0.2, 0) is 4.74 Å². The van der Waals surface area contributed by atoms with E-state index in [0.29, 0.717) is 23.1 Å². The first-order valence-electron chi connectivity index (χ1n) is 6.57. The molecule has 3 rings (SSSR count). The second kappa shape index (κ2) is 4.70. The fourth-order valence-electron chi connectivity index (χ4n) is 2.18. The molecule has 0 bridgehead atoms. The number of anilines is 1. The summed E-state index contributed by atoms with van der Waals surface area (Å²) >= 11 is 1.80. The van der Waals surface area contributed by atoms with E-state index in [2.05, 4.69) is 11.9 Å². The highest BCUT2D eigenvalue weighted by atomic mass is 32.2. The fraction of sp³-hybridized carbons (Fsp3) is 0.692. The molecule has 1 saturated heterocycles. The van der Waals surface area contributed by atoms with Gasteiger partial charge >= 0.3 is 0 Å². The summed E-state index contributed by atoms with van der Waals surface area (Å²) in [6.07, 6.45) is 3.80. The van der Waals surface area contributed by atoms with Crippen LogP contribution in [0.1, 0.15) is 43.5 Å². The largest absolute Gasteiger partial charge is 0.383 e. The zero-order valence-electron chi connectivity index (χ0n) is 10.8. The zero-order valence-corrected chi connectivity index (χ0v) is 11.7. The van der Waals surface area contributed by atoms with Crippen LogP contribution in [0.25, 0.3) is 0 Å². The molecule has 0 spiro atoms. The third-order valence-electron chi connectivity index (χ3n) is 3.67. The van der Waals surface area contributed by atoms with Crippen LogP contribution in [0.4, 0.5) is 5.82 Å². The lowest BCUT2D eigenvalue weighted by molar-refractivity contribution is 0.127. The van der Waals surface area contributed by atoms with Crippen LogP contribution in [0.3, 0.4) is 0 Å². The minimum absolute atomic E-state index is 0.301. The lowest BCUT2D eigenvalue weighted by Crippen LogP contribution is -2.14. The van der Waals surface area contributed by atoms with Crippen molar-refractivity contribution in [1.82, 2.24) is 9.97 Å². The number of aromatic nitrogens is 2. The first-order valence-corrected chi connectivity index (χ1v) is 7.45. The third-order valence-corrected chi connectivity index (χ3v) is 5.21. The van der Waals surface area contributed by atoms with Gasteiger partial charge < -0.3 is 10.5 Å². The van der Waals surface area contributed by atoms with Crippen molar-refractivity contribution < 1.29 is 4.74 Å². The van der Waals surface area contributed by atoms with Crippen molar-refractivity contribution >= 4 is 17.6 Å². The van der Waals surface area contributed by atoms with E-state index in [4.69, 9.17) is 15.5 Å². The Labute approximate surface area is 112 Å². The third kappa shape index (κ3) is 2.34. The Kier molecular flexibility index (Phi) is 3.20. The Morgan fingerprint density at radius 2 is 2.06 bits per heavy atom. The SMILES string of the molecule is Cc1c(N)nc(C2CC2)nc1SC1CCOC1C. The Hall–Kier alpha value is -0.810. The summed E-state index contributed by atoms with van der Waals surface area (Å²) in [4.78, 5) is 9.12. The van der Waals surface area contributed by atoms with Crippen molar-refractivity contribution in [3.05, 3.63) is 11.4 Å². The molecular formula is C13H19N3OS. The second-order valence-electron chi connectivity index (χ2n) is 5.19. The van der Waals surface area contributed by atoms with E-state index in [-0.39, 0.29) is 0 Å². The van der Waals surface area contributed by atoms with E-state index in [1.165, 1.54) is 12.8 Å². The van der Waals surface area contributed by atoms with Crippen molar-refractivity contribution in [1.29, 1.82) is 0 Å². The van der Waals surface area contributed by atoms with Gasteiger partial charge in [0, 0.05) is 23.3 Å². The Bertz CT molecular complexity index is 462. The summed E-state index contributed by atoms with van der Waals surface area (Å²) in [5.41, 5.74) is 7.02. The van der Waals surface area contributed by atoms with Crippen molar-refractivity contribution in [3.63, 3.8) is 0 Å². The Balaban J connectivity index is 1.85. The highest BCUT2D eigenvalue weighted by Crippen LogP contribution is 2.41. The number of nitrogens with two attached hydrogens (primary N) is 1. The molecule has 5 heteroatoms. The van der Waals surface area contributed by atoms with Crippen molar-refractivity contribution in [2.24, 2.45) is 0 Å². The summed E-state index contributed by atoms with van der Waals surface area (Å²) in [5, 5.41) is 1.54. The highest BCUT2D eigenvalue weighted by Gasteiger charge is 2.30. The molecule has 4 nitrogen and oxygen atoms in total. The maximum atomic E-state index is 6.00. The van der Waals surface area contributed by atoms with E-state index < -0.39 is 0 Å². The van der Waals surface area contributed by atoms with Crippen molar-refractivity contribution in [2.75, 3.05) is 12.3 Å². The number of thioether (sulfide) groups is 1. The molecule has 18 heavy (non-hydrogen) atoms. The highest BCUT2D eigenvalue weighted by molar-refractivity contribution is 8.00. The summed E-state index contributed by atoms with van der Waals surface area (Å²) < 4.78 is 5.60.